The van der Waals surface area contributed by atoms with Gasteiger partial charge in [-0.25, -0.2) is 0 Å². The zero-order chi connectivity index (χ0) is 16.6. The minimum absolute atomic E-state index is 0.260. The SMILES string of the molecule is CC1(C)[C@]2(c3ccccc3)[C@H]3CCC[C@H]3[C@]12c1ccc(C#N)cc1. The third-order valence-corrected chi connectivity index (χ3v) is 7.86. The molecule has 3 aliphatic carbocycles. The molecule has 0 amide bonds. The molecule has 3 aliphatic rings. The predicted molar refractivity (Wildman–Crippen MR) is 95.6 cm³/mol. The van der Waals surface area contributed by atoms with Gasteiger partial charge in [0.15, 0.2) is 0 Å². The summed E-state index contributed by atoms with van der Waals surface area (Å²) < 4.78 is 0. The van der Waals surface area contributed by atoms with Crippen molar-refractivity contribution >= 4 is 0 Å². The summed E-state index contributed by atoms with van der Waals surface area (Å²) in [5, 5.41) is 9.14. The number of nitrogens with zero attached hydrogens (tertiary/aromatic N) is 1. The molecule has 1 heteroatoms. The van der Waals surface area contributed by atoms with Crippen LogP contribution in [0.2, 0.25) is 0 Å². The number of hydrogen-bond acceptors (Lipinski definition) is 1. The summed E-state index contributed by atoms with van der Waals surface area (Å²) in [5.41, 5.74) is 4.58. The third kappa shape index (κ3) is 1.21. The molecule has 0 saturated heterocycles. The van der Waals surface area contributed by atoms with E-state index in [-0.39, 0.29) is 16.2 Å². The van der Waals surface area contributed by atoms with E-state index in [0.717, 1.165) is 17.4 Å². The lowest BCUT2D eigenvalue weighted by Gasteiger charge is -2.49. The summed E-state index contributed by atoms with van der Waals surface area (Å²) in [6.45, 7) is 4.97. The highest BCUT2D eigenvalue weighted by molar-refractivity contribution is 5.64. The Bertz CT molecular complexity index is 842. The van der Waals surface area contributed by atoms with Crippen molar-refractivity contribution < 1.29 is 0 Å². The van der Waals surface area contributed by atoms with Crippen LogP contribution in [0.25, 0.3) is 0 Å². The molecule has 0 aliphatic heterocycles. The van der Waals surface area contributed by atoms with Gasteiger partial charge in [0.25, 0.3) is 0 Å². The molecule has 0 unspecified atom stereocenters. The van der Waals surface area contributed by atoms with Crippen molar-refractivity contribution in [2.75, 3.05) is 0 Å². The van der Waals surface area contributed by atoms with Crippen molar-refractivity contribution in [2.24, 2.45) is 17.3 Å². The first-order valence-corrected chi connectivity index (χ1v) is 9.18. The molecule has 0 heterocycles. The van der Waals surface area contributed by atoms with E-state index in [1.54, 1.807) is 0 Å². The van der Waals surface area contributed by atoms with Crippen LogP contribution in [0.1, 0.15) is 49.8 Å². The monoisotopic (exact) mass is 313 g/mol. The van der Waals surface area contributed by atoms with Gasteiger partial charge in [-0.1, -0.05) is 62.7 Å². The zero-order valence-corrected chi connectivity index (χ0v) is 14.4. The maximum atomic E-state index is 9.14. The molecule has 4 atom stereocenters. The molecule has 2 aromatic carbocycles. The maximum absolute atomic E-state index is 9.14. The van der Waals surface area contributed by atoms with E-state index in [9.17, 15) is 0 Å². The lowest BCUT2D eigenvalue weighted by Crippen LogP contribution is -2.49. The van der Waals surface area contributed by atoms with E-state index in [1.807, 2.05) is 12.1 Å². The van der Waals surface area contributed by atoms with Crippen LogP contribution in [-0.4, -0.2) is 0 Å². The second kappa shape index (κ2) is 4.31. The molecule has 0 aromatic heterocycles. The Balaban J connectivity index is 1.73. The summed E-state index contributed by atoms with van der Waals surface area (Å²) in [5.74, 6) is 1.63. The summed E-state index contributed by atoms with van der Waals surface area (Å²) in [4.78, 5) is 0. The van der Waals surface area contributed by atoms with E-state index >= 15 is 0 Å². The standard InChI is InChI=1S/C23H23N/c1-21(2)22(17-7-4-3-5-8-17)19-9-6-10-20(19)23(21,22)18-13-11-16(15-24)12-14-18/h3-5,7-8,11-14,19-20H,6,9-10H2,1-2H3/t19-,20+,22-,23+/m0/s1. The van der Waals surface area contributed by atoms with Gasteiger partial charge in [0.2, 0.25) is 0 Å². The van der Waals surface area contributed by atoms with E-state index in [0.29, 0.717) is 0 Å². The third-order valence-electron chi connectivity index (χ3n) is 7.86. The normalized spacial score (nSPS) is 37.7. The molecule has 0 spiro atoms. The smallest absolute Gasteiger partial charge is 0.0991 e. The number of hydrogen-bond donors (Lipinski definition) is 0. The van der Waals surface area contributed by atoms with Gasteiger partial charge < -0.3 is 0 Å². The van der Waals surface area contributed by atoms with Crippen molar-refractivity contribution in [3.63, 3.8) is 0 Å². The van der Waals surface area contributed by atoms with Gasteiger partial charge in [0.1, 0.15) is 0 Å². The van der Waals surface area contributed by atoms with E-state index in [2.05, 4.69) is 62.4 Å². The summed E-state index contributed by atoms with van der Waals surface area (Å²) >= 11 is 0. The van der Waals surface area contributed by atoms with Crippen molar-refractivity contribution in [2.45, 2.75) is 43.9 Å². The number of benzene rings is 2. The van der Waals surface area contributed by atoms with Crippen molar-refractivity contribution in [1.29, 1.82) is 5.26 Å². The second-order valence-electron chi connectivity index (χ2n) is 8.44. The number of fused-ring (bicyclic) bond motifs is 4. The Labute approximate surface area is 144 Å². The Morgan fingerprint density at radius 1 is 0.833 bits per heavy atom. The molecular formula is C23H23N. The van der Waals surface area contributed by atoms with Gasteiger partial charge in [-0.3, -0.25) is 0 Å². The van der Waals surface area contributed by atoms with Gasteiger partial charge in [0, 0.05) is 10.8 Å². The van der Waals surface area contributed by atoms with Crippen LogP contribution in [0, 0.1) is 28.6 Å². The first-order valence-electron chi connectivity index (χ1n) is 9.18. The van der Waals surface area contributed by atoms with Crippen molar-refractivity contribution in [3.8, 4) is 6.07 Å². The van der Waals surface area contributed by atoms with Gasteiger partial charge >= 0.3 is 0 Å². The van der Waals surface area contributed by atoms with Crippen LogP contribution >= 0.6 is 0 Å². The van der Waals surface area contributed by atoms with Crippen molar-refractivity contribution in [3.05, 3.63) is 71.3 Å². The highest BCUT2D eigenvalue weighted by atomic mass is 15.0. The fraction of sp³-hybridized carbons (Fsp3) is 0.435. The average molecular weight is 313 g/mol. The van der Waals surface area contributed by atoms with Crippen LogP contribution in [0.3, 0.4) is 0 Å². The minimum Gasteiger partial charge on any atom is -0.192 e. The molecule has 24 heavy (non-hydrogen) atoms. The van der Waals surface area contributed by atoms with Crippen molar-refractivity contribution in [1.82, 2.24) is 0 Å². The van der Waals surface area contributed by atoms with Crippen LogP contribution in [-0.2, 0) is 10.8 Å². The summed E-state index contributed by atoms with van der Waals surface area (Å²) in [7, 11) is 0. The Kier molecular flexibility index (Phi) is 2.56. The molecule has 1 nitrogen and oxygen atoms in total. The molecular weight excluding hydrogens is 290 g/mol. The van der Waals surface area contributed by atoms with Crippen LogP contribution < -0.4 is 0 Å². The molecule has 5 rings (SSSR count). The maximum Gasteiger partial charge on any atom is 0.0991 e. The van der Waals surface area contributed by atoms with Crippen LogP contribution in [0.15, 0.2) is 54.6 Å². The molecule has 0 bridgehead atoms. The molecule has 3 saturated carbocycles. The van der Waals surface area contributed by atoms with Crippen LogP contribution in [0.5, 0.6) is 0 Å². The quantitative estimate of drug-likeness (QED) is 0.747. The topological polar surface area (TPSA) is 23.8 Å². The molecule has 0 radical (unpaired) electrons. The lowest BCUT2D eigenvalue weighted by atomic mass is 9.54. The van der Waals surface area contributed by atoms with Crippen LogP contribution in [0.4, 0.5) is 0 Å². The molecule has 0 N–H and O–H groups in total. The predicted octanol–water partition coefficient (Wildman–Crippen LogP) is 5.20. The van der Waals surface area contributed by atoms with Gasteiger partial charge in [0.05, 0.1) is 11.6 Å². The highest BCUT2D eigenvalue weighted by Gasteiger charge is 2.95. The molecule has 2 aromatic rings. The summed E-state index contributed by atoms with van der Waals surface area (Å²) in [6.07, 6.45) is 4.11. The van der Waals surface area contributed by atoms with Gasteiger partial charge in [-0.15, -0.1) is 0 Å². The zero-order valence-electron chi connectivity index (χ0n) is 14.4. The van der Waals surface area contributed by atoms with E-state index < -0.39 is 0 Å². The number of nitriles is 1. The lowest BCUT2D eigenvalue weighted by molar-refractivity contribution is 0.120. The second-order valence-corrected chi connectivity index (χ2v) is 8.44. The Hall–Kier alpha value is -2.07. The molecule has 120 valence electrons. The Morgan fingerprint density at radius 3 is 1.92 bits per heavy atom. The molecule has 3 fully saturated rings. The van der Waals surface area contributed by atoms with E-state index in [4.69, 9.17) is 5.26 Å². The highest BCUT2D eigenvalue weighted by Crippen LogP contribution is 2.94. The first-order chi connectivity index (χ1) is 11.6. The number of rotatable bonds is 2. The summed E-state index contributed by atoms with van der Waals surface area (Å²) in [6, 6.07) is 22.0. The van der Waals surface area contributed by atoms with E-state index in [1.165, 1.54) is 30.4 Å². The average Bonchev–Trinajstić information content (AvgIpc) is 2.86. The Morgan fingerprint density at radius 2 is 1.38 bits per heavy atom. The largest absolute Gasteiger partial charge is 0.192 e. The minimum atomic E-state index is 0.260. The van der Waals surface area contributed by atoms with Gasteiger partial charge in [-0.2, -0.15) is 5.26 Å². The first kappa shape index (κ1) is 14.3. The fourth-order valence-corrected chi connectivity index (χ4v) is 7.47. The van der Waals surface area contributed by atoms with Gasteiger partial charge in [-0.05, 0) is 53.4 Å². The fourth-order valence-electron chi connectivity index (χ4n) is 7.47.